The Morgan fingerprint density at radius 1 is 1.23 bits per heavy atom. The van der Waals surface area contributed by atoms with Crippen molar-refractivity contribution in [2.75, 3.05) is 12.9 Å². The number of carboxylic acids is 1. The number of carbonyl (C=O) groups is 2. The number of carbonyl (C=O) groups excluding carboxylic acids is 1. The summed E-state index contributed by atoms with van der Waals surface area (Å²) in [6.07, 6.45) is 3.16. The molecule has 0 aliphatic carbocycles. The number of hydrogen-bond donors (Lipinski definition) is 1. The van der Waals surface area contributed by atoms with Gasteiger partial charge in [-0.2, -0.15) is 5.26 Å². The molecule has 26 heavy (non-hydrogen) atoms. The zero-order valence-corrected chi connectivity index (χ0v) is 15.0. The number of methoxy groups -OCH3 is 1. The van der Waals surface area contributed by atoms with Crippen LogP contribution in [0.3, 0.4) is 0 Å². The van der Waals surface area contributed by atoms with E-state index < -0.39 is 5.97 Å². The van der Waals surface area contributed by atoms with E-state index in [1.165, 1.54) is 24.9 Å². The lowest BCUT2D eigenvalue weighted by molar-refractivity contribution is -0.133. The van der Waals surface area contributed by atoms with E-state index in [4.69, 9.17) is 15.1 Å². The number of carboxylic acid groups (broad SMARTS) is 1. The van der Waals surface area contributed by atoms with Crippen LogP contribution in [0.4, 0.5) is 0 Å². The van der Waals surface area contributed by atoms with Gasteiger partial charge in [0, 0.05) is 16.9 Å². The van der Waals surface area contributed by atoms with E-state index >= 15 is 0 Å². The van der Waals surface area contributed by atoms with Crippen LogP contribution in [0.2, 0.25) is 0 Å². The first-order valence-electron chi connectivity index (χ1n) is 7.72. The number of nitriles is 1. The molecule has 1 N–H and O–H groups in total. The van der Waals surface area contributed by atoms with Gasteiger partial charge in [0.15, 0.2) is 5.78 Å². The monoisotopic (exact) mass is 367 g/mol. The summed E-state index contributed by atoms with van der Waals surface area (Å²) in [6, 6.07) is 14.1. The molecule has 5 nitrogen and oxygen atoms in total. The van der Waals surface area contributed by atoms with Gasteiger partial charge in [0.25, 0.3) is 0 Å². The normalized spacial score (nSPS) is 10.5. The highest BCUT2D eigenvalue weighted by atomic mass is 32.2. The molecular formula is C20H17NO4S. The SMILES string of the molecule is COc1ccc(C(=O)/C=C/c2ccc(C#N)cc2)cc1CSCC(=O)O. The van der Waals surface area contributed by atoms with Gasteiger partial charge in [-0.05, 0) is 42.0 Å². The maximum absolute atomic E-state index is 12.4. The third-order valence-electron chi connectivity index (χ3n) is 3.51. The highest BCUT2D eigenvalue weighted by Gasteiger charge is 2.09. The van der Waals surface area contributed by atoms with Crippen molar-refractivity contribution in [3.8, 4) is 11.8 Å². The van der Waals surface area contributed by atoms with Gasteiger partial charge in [0.1, 0.15) is 5.75 Å². The number of ether oxygens (including phenoxy) is 1. The first-order chi connectivity index (χ1) is 12.5. The highest BCUT2D eigenvalue weighted by molar-refractivity contribution is 7.99. The van der Waals surface area contributed by atoms with E-state index in [1.807, 2.05) is 6.07 Å². The Bertz CT molecular complexity index is 866. The van der Waals surface area contributed by atoms with Crippen molar-refractivity contribution in [2.24, 2.45) is 0 Å². The van der Waals surface area contributed by atoms with Crippen molar-refractivity contribution < 1.29 is 19.4 Å². The second kappa shape index (κ2) is 9.44. The summed E-state index contributed by atoms with van der Waals surface area (Å²) in [7, 11) is 1.53. The predicted octanol–water partition coefficient (Wildman–Crippen LogP) is 3.78. The zero-order chi connectivity index (χ0) is 18.9. The van der Waals surface area contributed by atoms with Crippen LogP contribution in [-0.2, 0) is 10.5 Å². The molecule has 2 rings (SSSR count). The van der Waals surface area contributed by atoms with Gasteiger partial charge in [-0.15, -0.1) is 11.8 Å². The van der Waals surface area contributed by atoms with E-state index in [9.17, 15) is 9.59 Å². The smallest absolute Gasteiger partial charge is 0.313 e. The summed E-state index contributed by atoms with van der Waals surface area (Å²) in [6.45, 7) is 0. The molecule has 0 radical (unpaired) electrons. The van der Waals surface area contributed by atoms with Crippen LogP contribution in [0.25, 0.3) is 6.08 Å². The van der Waals surface area contributed by atoms with E-state index in [0.717, 1.165) is 11.1 Å². The molecule has 0 unspecified atom stereocenters. The first-order valence-corrected chi connectivity index (χ1v) is 8.88. The van der Waals surface area contributed by atoms with Gasteiger partial charge in [-0.3, -0.25) is 9.59 Å². The van der Waals surface area contributed by atoms with Crippen molar-refractivity contribution in [3.63, 3.8) is 0 Å². The third kappa shape index (κ3) is 5.50. The maximum atomic E-state index is 12.4. The average molecular weight is 367 g/mol. The number of allylic oxidation sites excluding steroid dienone is 1. The molecule has 6 heteroatoms. The zero-order valence-electron chi connectivity index (χ0n) is 14.1. The Hall–Kier alpha value is -3.04. The molecule has 0 saturated carbocycles. The van der Waals surface area contributed by atoms with Gasteiger partial charge in [0.05, 0.1) is 24.5 Å². The van der Waals surface area contributed by atoms with Gasteiger partial charge in [-0.1, -0.05) is 18.2 Å². The molecule has 0 saturated heterocycles. The number of benzene rings is 2. The van der Waals surface area contributed by atoms with Crippen molar-refractivity contribution in [3.05, 3.63) is 70.8 Å². The fraction of sp³-hybridized carbons (Fsp3) is 0.150. The first kappa shape index (κ1) is 19.3. The van der Waals surface area contributed by atoms with Gasteiger partial charge in [0.2, 0.25) is 0 Å². The molecule has 2 aromatic carbocycles. The molecule has 0 aromatic heterocycles. The number of ketones is 1. The van der Waals surface area contributed by atoms with Crippen molar-refractivity contribution in [1.82, 2.24) is 0 Å². The highest BCUT2D eigenvalue weighted by Crippen LogP contribution is 2.25. The predicted molar refractivity (Wildman–Crippen MR) is 101 cm³/mol. The largest absolute Gasteiger partial charge is 0.496 e. The number of nitrogens with zero attached hydrogens (tertiary/aromatic N) is 1. The Labute approximate surface area is 155 Å². The van der Waals surface area contributed by atoms with Crippen LogP contribution in [0.5, 0.6) is 5.75 Å². The summed E-state index contributed by atoms with van der Waals surface area (Å²) < 4.78 is 5.27. The average Bonchev–Trinajstić information content (AvgIpc) is 2.66. The molecule has 0 spiro atoms. The molecule has 0 bridgehead atoms. The molecule has 0 heterocycles. The topological polar surface area (TPSA) is 87.4 Å². The van der Waals surface area contributed by atoms with Crippen LogP contribution in [0.1, 0.15) is 27.0 Å². The fourth-order valence-electron chi connectivity index (χ4n) is 2.23. The van der Waals surface area contributed by atoms with Crippen molar-refractivity contribution in [1.29, 1.82) is 5.26 Å². The van der Waals surface area contributed by atoms with Gasteiger partial charge >= 0.3 is 5.97 Å². The summed E-state index contributed by atoms with van der Waals surface area (Å²) in [5, 5.41) is 17.5. The van der Waals surface area contributed by atoms with Crippen LogP contribution in [0.15, 0.2) is 48.5 Å². The van der Waals surface area contributed by atoms with Crippen molar-refractivity contribution >= 4 is 29.6 Å². The minimum atomic E-state index is -0.883. The van der Waals surface area contributed by atoms with E-state index in [0.29, 0.717) is 22.6 Å². The Morgan fingerprint density at radius 3 is 2.58 bits per heavy atom. The third-order valence-corrected chi connectivity index (χ3v) is 4.48. The fourth-order valence-corrected chi connectivity index (χ4v) is 2.95. The lowest BCUT2D eigenvalue weighted by atomic mass is 10.1. The maximum Gasteiger partial charge on any atom is 0.313 e. The Balaban J connectivity index is 2.13. The van der Waals surface area contributed by atoms with Gasteiger partial charge in [-0.25, -0.2) is 0 Å². The minimum absolute atomic E-state index is 0.0140. The molecule has 2 aromatic rings. The summed E-state index contributed by atoms with van der Waals surface area (Å²) in [4.78, 5) is 23.0. The molecule has 0 atom stereocenters. The molecular weight excluding hydrogens is 350 g/mol. The van der Waals surface area contributed by atoms with Crippen LogP contribution >= 0.6 is 11.8 Å². The van der Waals surface area contributed by atoms with Crippen LogP contribution in [-0.4, -0.2) is 29.7 Å². The van der Waals surface area contributed by atoms with Crippen LogP contribution < -0.4 is 4.74 Å². The number of hydrogen-bond acceptors (Lipinski definition) is 5. The molecule has 0 aliphatic heterocycles. The second-order valence-corrected chi connectivity index (χ2v) is 6.33. The van der Waals surface area contributed by atoms with E-state index in [1.54, 1.807) is 48.5 Å². The number of rotatable bonds is 8. The van der Waals surface area contributed by atoms with E-state index in [2.05, 4.69) is 0 Å². The number of thioether (sulfide) groups is 1. The quantitative estimate of drug-likeness (QED) is 0.564. The molecule has 0 amide bonds. The second-order valence-electron chi connectivity index (χ2n) is 5.34. The lowest BCUT2D eigenvalue weighted by Gasteiger charge is -2.09. The van der Waals surface area contributed by atoms with Crippen molar-refractivity contribution in [2.45, 2.75) is 5.75 Å². The molecule has 132 valence electrons. The Morgan fingerprint density at radius 2 is 1.96 bits per heavy atom. The van der Waals surface area contributed by atoms with E-state index in [-0.39, 0.29) is 11.5 Å². The molecule has 0 aliphatic rings. The van der Waals surface area contributed by atoms with Crippen LogP contribution in [0, 0.1) is 11.3 Å². The minimum Gasteiger partial charge on any atom is -0.496 e. The summed E-state index contributed by atoms with van der Waals surface area (Å²) >= 11 is 1.24. The summed E-state index contributed by atoms with van der Waals surface area (Å²) in [5.41, 5.74) is 2.66. The summed E-state index contributed by atoms with van der Waals surface area (Å²) in [5.74, 6) is -0.000822. The molecule has 0 fully saturated rings. The lowest BCUT2D eigenvalue weighted by Crippen LogP contribution is -2.01. The van der Waals surface area contributed by atoms with Gasteiger partial charge < -0.3 is 9.84 Å². The Kier molecular flexibility index (Phi) is 7.01. The number of aliphatic carboxylic acids is 1. The standard InChI is InChI=1S/C20H17NO4S/c1-25-19-9-7-16(10-17(19)12-26-13-20(23)24)18(22)8-6-14-2-4-15(11-21)5-3-14/h2-10H,12-13H2,1H3,(H,23,24)/b8-6+.